The summed E-state index contributed by atoms with van der Waals surface area (Å²) in [5.41, 5.74) is 0. The molecule has 0 aliphatic heterocycles. The predicted molar refractivity (Wildman–Crippen MR) is 52.5 cm³/mol. The van der Waals surface area contributed by atoms with Crippen molar-refractivity contribution in [3.63, 3.8) is 0 Å². The van der Waals surface area contributed by atoms with Crippen molar-refractivity contribution < 1.29 is 17.1 Å². The van der Waals surface area contributed by atoms with E-state index in [1.807, 2.05) is 0 Å². The van der Waals surface area contributed by atoms with Crippen LogP contribution in [0, 0.1) is 0 Å². The van der Waals surface area contributed by atoms with Gasteiger partial charge in [-0.2, -0.15) is 8.42 Å². The van der Waals surface area contributed by atoms with E-state index in [2.05, 4.69) is 11.1 Å². The van der Waals surface area contributed by atoms with E-state index in [1.165, 1.54) is 12.8 Å². The van der Waals surface area contributed by atoms with Crippen LogP contribution in [0.4, 0.5) is 4.48 Å². The van der Waals surface area contributed by atoms with Crippen molar-refractivity contribution in [3.05, 3.63) is 0 Å². The second-order valence-corrected chi connectivity index (χ2v) is 4.42. The molecule has 4 nitrogen and oxygen atoms in total. The molecule has 0 bridgehead atoms. The molecule has 0 amide bonds. The molecule has 0 saturated heterocycles. The maximum Gasteiger partial charge on any atom is 0.362 e. The molecule has 0 heterocycles. The monoisotopic (exact) mass is 227 g/mol. The van der Waals surface area contributed by atoms with E-state index in [1.54, 1.807) is 0 Å². The van der Waals surface area contributed by atoms with Crippen molar-refractivity contribution in [2.45, 2.75) is 45.4 Å². The smallest absolute Gasteiger partial charge is 0.256 e. The highest BCUT2D eigenvalue weighted by Crippen LogP contribution is 2.05. The molecule has 0 radical (unpaired) electrons. The van der Waals surface area contributed by atoms with Crippen LogP contribution in [0.5, 0.6) is 0 Å². The molecule has 0 atom stereocenters. The van der Waals surface area contributed by atoms with Gasteiger partial charge in [-0.1, -0.05) is 39.0 Å². The maximum absolute atomic E-state index is 11.5. The quantitative estimate of drug-likeness (QED) is 0.484. The van der Waals surface area contributed by atoms with Gasteiger partial charge in [-0.15, -0.1) is 4.48 Å². The first kappa shape index (κ1) is 13.8. The molecule has 0 aliphatic rings. The Morgan fingerprint density at radius 2 is 1.71 bits per heavy atom. The van der Waals surface area contributed by atoms with Gasteiger partial charge in [0.2, 0.25) is 0 Å². The highest BCUT2D eigenvalue weighted by atomic mass is 32.2. The fourth-order valence-electron chi connectivity index (χ4n) is 1.07. The van der Waals surface area contributed by atoms with Gasteiger partial charge in [0.05, 0.1) is 6.61 Å². The first-order valence-electron chi connectivity index (χ1n) is 4.89. The molecule has 0 aromatic rings. The minimum atomic E-state index is -4.13. The molecule has 0 unspecified atom stereocenters. The lowest BCUT2D eigenvalue weighted by Crippen LogP contribution is -2.18. The molecule has 86 valence electrons. The molecule has 14 heavy (non-hydrogen) atoms. The summed E-state index contributed by atoms with van der Waals surface area (Å²) in [4.78, 5) is 0.603. The molecular weight excluding hydrogens is 209 g/mol. The number of halogens is 1. The van der Waals surface area contributed by atoms with E-state index < -0.39 is 10.3 Å². The number of hydrogen-bond acceptors (Lipinski definition) is 3. The van der Waals surface area contributed by atoms with Crippen molar-refractivity contribution in [2.75, 3.05) is 6.61 Å². The van der Waals surface area contributed by atoms with Gasteiger partial charge in [0.25, 0.3) is 0 Å². The second-order valence-electron chi connectivity index (χ2n) is 3.12. The van der Waals surface area contributed by atoms with Gasteiger partial charge in [-0.05, 0) is 11.4 Å². The fraction of sp³-hybridized carbons (Fsp3) is 1.00. The summed E-state index contributed by atoms with van der Waals surface area (Å²) in [5, 5.41) is 0. The van der Waals surface area contributed by atoms with Gasteiger partial charge in [0, 0.05) is 0 Å². The third-order valence-electron chi connectivity index (χ3n) is 1.83. The van der Waals surface area contributed by atoms with Crippen LogP contribution in [0.25, 0.3) is 0 Å². The molecule has 0 aliphatic carbocycles. The summed E-state index contributed by atoms with van der Waals surface area (Å²) in [5.74, 6) is 0. The largest absolute Gasteiger partial charge is 0.362 e. The molecular formula is C8H18FNO3S. The maximum atomic E-state index is 11.5. The summed E-state index contributed by atoms with van der Waals surface area (Å²) >= 11 is 0. The SMILES string of the molecule is CCCCCCCCOS(=O)(=O)NF. The predicted octanol–water partition coefficient (Wildman–Crippen LogP) is 2.08. The Labute approximate surface area is 85.0 Å². The first-order valence-corrected chi connectivity index (χ1v) is 6.30. The van der Waals surface area contributed by atoms with E-state index in [0.717, 1.165) is 19.3 Å². The molecule has 0 fully saturated rings. The van der Waals surface area contributed by atoms with Crippen LogP contribution in [0.3, 0.4) is 0 Å². The molecule has 0 aromatic heterocycles. The van der Waals surface area contributed by atoms with Gasteiger partial charge >= 0.3 is 10.3 Å². The third kappa shape index (κ3) is 8.40. The third-order valence-corrected chi connectivity index (χ3v) is 2.50. The number of unbranched alkanes of at least 4 members (excludes halogenated alkanes) is 5. The molecule has 1 N–H and O–H groups in total. The van der Waals surface area contributed by atoms with Crippen LogP contribution in [-0.2, 0) is 14.5 Å². The minimum absolute atomic E-state index is 0.0470. The Morgan fingerprint density at radius 3 is 2.29 bits per heavy atom. The Kier molecular flexibility index (Phi) is 8.02. The molecule has 0 spiro atoms. The van der Waals surface area contributed by atoms with Crippen molar-refractivity contribution in [1.29, 1.82) is 0 Å². The van der Waals surface area contributed by atoms with Crippen molar-refractivity contribution in [1.82, 2.24) is 4.94 Å². The lowest BCUT2D eigenvalue weighted by atomic mass is 10.1. The van der Waals surface area contributed by atoms with Crippen LogP contribution in [-0.4, -0.2) is 15.0 Å². The summed E-state index contributed by atoms with van der Waals surface area (Å²) in [6.45, 7) is 2.17. The summed E-state index contributed by atoms with van der Waals surface area (Å²) in [6.07, 6.45) is 6.17. The van der Waals surface area contributed by atoms with E-state index in [0.29, 0.717) is 11.4 Å². The number of hydrogen-bond donors (Lipinski definition) is 1. The molecule has 0 rings (SSSR count). The first-order chi connectivity index (χ1) is 6.62. The van der Waals surface area contributed by atoms with Crippen molar-refractivity contribution in [3.8, 4) is 0 Å². The summed E-state index contributed by atoms with van der Waals surface area (Å²) < 4.78 is 36.6. The Bertz CT molecular complexity index is 219. The van der Waals surface area contributed by atoms with Gasteiger partial charge in [0.15, 0.2) is 0 Å². The zero-order valence-corrected chi connectivity index (χ0v) is 9.28. The molecule has 0 aromatic carbocycles. The van der Waals surface area contributed by atoms with E-state index in [9.17, 15) is 12.9 Å². The van der Waals surface area contributed by atoms with Crippen LogP contribution < -0.4 is 4.94 Å². The van der Waals surface area contributed by atoms with Crippen molar-refractivity contribution in [2.24, 2.45) is 0 Å². The van der Waals surface area contributed by atoms with Gasteiger partial charge < -0.3 is 0 Å². The number of rotatable bonds is 9. The van der Waals surface area contributed by atoms with Gasteiger partial charge in [-0.25, -0.2) is 0 Å². The lowest BCUT2D eigenvalue weighted by Gasteiger charge is -2.01. The van der Waals surface area contributed by atoms with Gasteiger partial charge in [0.1, 0.15) is 0 Å². The summed E-state index contributed by atoms with van der Waals surface area (Å²) in [6, 6.07) is 0. The van der Waals surface area contributed by atoms with Crippen LogP contribution in [0.2, 0.25) is 0 Å². The van der Waals surface area contributed by atoms with E-state index in [-0.39, 0.29) is 6.61 Å². The minimum Gasteiger partial charge on any atom is -0.256 e. The standard InChI is InChI=1S/C8H18FNO3S/c1-2-3-4-5-6-7-8-13-14(11,12)10-9/h10H,2-8H2,1H3. The normalized spacial score (nSPS) is 11.9. The fourth-order valence-corrected chi connectivity index (χ4v) is 1.46. The summed E-state index contributed by atoms with van der Waals surface area (Å²) in [7, 11) is -4.13. The molecule has 6 heteroatoms. The average Bonchev–Trinajstić information content (AvgIpc) is 2.16. The Balaban J connectivity index is 3.22. The number of nitrogens with one attached hydrogen (secondary N) is 1. The van der Waals surface area contributed by atoms with E-state index in [4.69, 9.17) is 0 Å². The van der Waals surface area contributed by atoms with E-state index >= 15 is 0 Å². The van der Waals surface area contributed by atoms with Crippen LogP contribution >= 0.6 is 0 Å². The lowest BCUT2D eigenvalue weighted by molar-refractivity contribution is 0.275. The van der Waals surface area contributed by atoms with Crippen LogP contribution in [0.15, 0.2) is 0 Å². The topological polar surface area (TPSA) is 55.4 Å². The highest BCUT2D eigenvalue weighted by Gasteiger charge is 2.07. The zero-order chi connectivity index (χ0) is 10.9. The second kappa shape index (κ2) is 8.14. The highest BCUT2D eigenvalue weighted by molar-refractivity contribution is 7.84. The Morgan fingerprint density at radius 1 is 1.14 bits per heavy atom. The molecule has 0 saturated carbocycles. The van der Waals surface area contributed by atoms with Crippen molar-refractivity contribution >= 4 is 10.3 Å². The average molecular weight is 227 g/mol. The van der Waals surface area contributed by atoms with Crippen LogP contribution in [0.1, 0.15) is 45.4 Å². The Hall–Kier alpha value is -0.200. The van der Waals surface area contributed by atoms with Gasteiger partial charge in [-0.3, -0.25) is 4.18 Å². The zero-order valence-electron chi connectivity index (χ0n) is 8.46.